The van der Waals surface area contributed by atoms with Crippen molar-refractivity contribution in [2.75, 3.05) is 0 Å². The molecular formula is C8H6F2N. The van der Waals surface area contributed by atoms with Crippen LogP contribution in [-0.4, -0.2) is 10.9 Å². The summed E-state index contributed by atoms with van der Waals surface area (Å²) in [6, 6.07) is 5.84. The van der Waals surface area contributed by atoms with Gasteiger partial charge >= 0.3 is 0 Å². The number of halogens is 2. The third-order valence-corrected chi connectivity index (χ3v) is 1.81. The van der Waals surface area contributed by atoms with Gasteiger partial charge in [-0.05, 0) is 18.2 Å². The molecule has 1 saturated carbocycles. The second-order valence-electron chi connectivity index (χ2n) is 2.70. The first-order chi connectivity index (χ1) is 5.20. The molecule has 11 heavy (non-hydrogen) atoms. The number of pyridine rings is 1. The SMILES string of the molecule is FC1(F)CC1c1c[c]ccn1. The van der Waals surface area contributed by atoms with E-state index in [1.807, 2.05) is 0 Å². The Hall–Kier alpha value is -0.990. The van der Waals surface area contributed by atoms with E-state index in [0.29, 0.717) is 5.69 Å². The van der Waals surface area contributed by atoms with Gasteiger partial charge in [0, 0.05) is 12.6 Å². The van der Waals surface area contributed by atoms with Gasteiger partial charge in [0.1, 0.15) is 0 Å². The second kappa shape index (κ2) is 2.00. The molecule has 1 radical (unpaired) electrons. The Morgan fingerprint density at radius 2 is 2.36 bits per heavy atom. The van der Waals surface area contributed by atoms with E-state index >= 15 is 0 Å². The molecule has 2 rings (SSSR count). The Balaban J connectivity index is 2.21. The van der Waals surface area contributed by atoms with Crippen LogP contribution in [0, 0.1) is 6.07 Å². The van der Waals surface area contributed by atoms with Crippen molar-refractivity contribution in [2.45, 2.75) is 18.3 Å². The van der Waals surface area contributed by atoms with Crippen LogP contribution >= 0.6 is 0 Å². The normalized spacial score (nSPS) is 26.5. The van der Waals surface area contributed by atoms with Crippen molar-refractivity contribution in [3.63, 3.8) is 0 Å². The number of hydrogen-bond acceptors (Lipinski definition) is 1. The van der Waals surface area contributed by atoms with Crippen LogP contribution < -0.4 is 0 Å². The largest absolute Gasteiger partial charge is 0.261 e. The predicted molar refractivity (Wildman–Crippen MR) is 35.4 cm³/mol. The van der Waals surface area contributed by atoms with Crippen LogP contribution in [0.3, 0.4) is 0 Å². The van der Waals surface area contributed by atoms with Crippen molar-refractivity contribution < 1.29 is 8.78 Å². The number of rotatable bonds is 1. The Morgan fingerprint density at radius 3 is 2.82 bits per heavy atom. The van der Waals surface area contributed by atoms with E-state index in [9.17, 15) is 8.78 Å². The first kappa shape index (κ1) is 6.70. The molecule has 0 aromatic carbocycles. The molecule has 0 amide bonds. The third kappa shape index (κ3) is 1.11. The van der Waals surface area contributed by atoms with Gasteiger partial charge in [-0.25, -0.2) is 8.78 Å². The van der Waals surface area contributed by atoms with Crippen molar-refractivity contribution >= 4 is 0 Å². The monoisotopic (exact) mass is 154 g/mol. The van der Waals surface area contributed by atoms with Gasteiger partial charge in [0.15, 0.2) is 0 Å². The minimum atomic E-state index is -2.51. The Labute approximate surface area is 63.1 Å². The molecule has 1 nitrogen and oxygen atoms in total. The number of nitrogens with zero attached hydrogens (tertiary/aromatic N) is 1. The van der Waals surface area contributed by atoms with E-state index in [1.165, 1.54) is 12.3 Å². The average molecular weight is 154 g/mol. The molecule has 1 aliphatic carbocycles. The summed E-state index contributed by atoms with van der Waals surface area (Å²) in [5, 5.41) is 0. The van der Waals surface area contributed by atoms with Gasteiger partial charge in [0.2, 0.25) is 0 Å². The molecule has 0 spiro atoms. The van der Waals surface area contributed by atoms with Crippen molar-refractivity contribution in [1.29, 1.82) is 0 Å². The smallest absolute Gasteiger partial charge is 0.257 e. The lowest BCUT2D eigenvalue weighted by atomic mass is 10.2. The zero-order valence-electron chi connectivity index (χ0n) is 5.72. The fraction of sp³-hybridized carbons (Fsp3) is 0.375. The summed E-state index contributed by atoms with van der Waals surface area (Å²) in [6.45, 7) is 0. The van der Waals surface area contributed by atoms with Gasteiger partial charge < -0.3 is 0 Å². The molecule has 57 valence electrons. The molecule has 0 N–H and O–H groups in total. The molecule has 1 unspecified atom stereocenters. The molecule has 3 heteroatoms. The number of aromatic nitrogens is 1. The second-order valence-corrected chi connectivity index (χ2v) is 2.70. The molecular weight excluding hydrogens is 148 g/mol. The average Bonchev–Trinajstić information content (AvgIpc) is 2.62. The van der Waals surface area contributed by atoms with Crippen LogP contribution in [0.15, 0.2) is 18.3 Å². The first-order valence-corrected chi connectivity index (χ1v) is 3.40. The molecule has 0 saturated heterocycles. The van der Waals surface area contributed by atoms with Crippen LogP contribution in [0.2, 0.25) is 0 Å². The van der Waals surface area contributed by atoms with Crippen LogP contribution in [0.4, 0.5) is 8.78 Å². The highest BCUT2D eigenvalue weighted by atomic mass is 19.3. The maximum absolute atomic E-state index is 12.4. The Kier molecular flexibility index (Phi) is 1.22. The van der Waals surface area contributed by atoms with E-state index in [-0.39, 0.29) is 6.42 Å². The summed E-state index contributed by atoms with van der Waals surface area (Å²) in [5.41, 5.74) is 0.456. The van der Waals surface area contributed by atoms with Gasteiger partial charge in [0.25, 0.3) is 5.92 Å². The van der Waals surface area contributed by atoms with Crippen LogP contribution in [0.5, 0.6) is 0 Å². The van der Waals surface area contributed by atoms with Crippen molar-refractivity contribution in [2.24, 2.45) is 0 Å². The highest BCUT2D eigenvalue weighted by Gasteiger charge is 2.58. The fourth-order valence-electron chi connectivity index (χ4n) is 1.06. The molecule has 1 fully saturated rings. The van der Waals surface area contributed by atoms with E-state index in [2.05, 4.69) is 11.1 Å². The lowest BCUT2D eigenvalue weighted by Gasteiger charge is -1.94. The predicted octanol–water partition coefficient (Wildman–Crippen LogP) is 2.00. The van der Waals surface area contributed by atoms with Gasteiger partial charge in [0.05, 0.1) is 11.6 Å². The maximum Gasteiger partial charge on any atom is 0.257 e. The topological polar surface area (TPSA) is 12.9 Å². The summed E-state index contributed by atoms with van der Waals surface area (Å²) in [5.74, 6) is -3.16. The van der Waals surface area contributed by atoms with Crippen molar-refractivity contribution in [3.8, 4) is 0 Å². The molecule has 0 bridgehead atoms. The summed E-state index contributed by atoms with van der Waals surface area (Å²) in [4.78, 5) is 3.83. The first-order valence-electron chi connectivity index (χ1n) is 3.40. The molecule has 1 aromatic heterocycles. The molecule has 1 heterocycles. The maximum atomic E-state index is 12.4. The highest BCUT2D eigenvalue weighted by Crippen LogP contribution is 2.54. The summed E-state index contributed by atoms with van der Waals surface area (Å²) in [7, 11) is 0. The van der Waals surface area contributed by atoms with E-state index in [0.717, 1.165) is 0 Å². The van der Waals surface area contributed by atoms with Crippen molar-refractivity contribution in [3.05, 3.63) is 30.1 Å². The highest BCUT2D eigenvalue weighted by molar-refractivity contribution is 5.21. The number of hydrogen-bond donors (Lipinski definition) is 0. The third-order valence-electron chi connectivity index (χ3n) is 1.81. The Morgan fingerprint density at radius 1 is 1.64 bits per heavy atom. The Bertz CT molecular complexity index is 258. The van der Waals surface area contributed by atoms with E-state index < -0.39 is 11.8 Å². The minimum absolute atomic E-state index is 0.0577. The van der Waals surface area contributed by atoms with Crippen LogP contribution in [0.1, 0.15) is 18.0 Å². The minimum Gasteiger partial charge on any atom is -0.261 e. The lowest BCUT2D eigenvalue weighted by molar-refractivity contribution is 0.111. The van der Waals surface area contributed by atoms with E-state index in [4.69, 9.17) is 0 Å². The molecule has 1 aromatic rings. The van der Waals surface area contributed by atoms with Gasteiger partial charge in [-0.15, -0.1) is 0 Å². The fourth-order valence-corrected chi connectivity index (χ4v) is 1.06. The van der Waals surface area contributed by atoms with Crippen LogP contribution in [0.25, 0.3) is 0 Å². The summed E-state index contributed by atoms with van der Waals surface area (Å²) in [6.07, 6.45) is 1.43. The zero-order chi connectivity index (χ0) is 7.90. The molecule has 1 aliphatic rings. The standard InChI is InChI=1S/C8H6F2N/c9-8(10)5-6(8)7-3-1-2-4-11-7/h2-4,6H,5H2. The lowest BCUT2D eigenvalue weighted by Crippen LogP contribution is -1.94. The van der Waals surface area contributed by atoms with Crippen molar-refractivity contribution in [1.82, 2.24) is 4.98 Å². The van der Waals surface area contributed by atoms with Crippen LogP contribution in [-0.2, 0) is 0 Å². The number of alkyl halides is 2. The van der Waals surface area contributed by atoms with Gasteiger partial charge in [-0.1, -0.05) is 0 Å². The zero-order valence-corrected chi connectivity index (χ0v) is 5.72. The van der Waals surface area contributed by atoms with Gasteiger partial charge in [-0.3, -0.25) is 4.98 Å². The quantitative estimate of drug-likeness (QED) is 0.602. The summed E-state index contributed by atoms with van der Waals surface area (Å²) < 4.78 is 24.9. The molecule has 1 atom stereocenters. The van der Waals surface area contributed by atoms with E-state index in [1.54, 1.807) is 6.07 Å². The molecule has 0 aliphatic heterocycles. The van der Waals surface area contributed by atoms with Gasteiger partial charge in [-0.2, -0.15) is 0 Å². The summed E-state index contributed by atoms with van der Waals surface area (Å²) >= 11 is 0.